The Morgan fingerprint density at radius 3 is 2.82 bits per heavy atom. The summed E-state index contributed by atoms with van der Waals surface area (Å²) in [6, 6.07) is 9.54. The summed E-state index contributed by atoms with van der Waals surface area (Å²) in [6.07, 6.45) is 1.55. The molecule has 2 N–H and O–H groups in total. The molecule has 0 radical (unpaired) electrons. The van der Waals surface area contributed by atoms with E-state index in [1.54, 1.807) is 24.3 Å². The molecule has 0 amide bonds. The second-order valence-electron chi connectivity index (χ2n) is 5.24. The van der Waals surface area contributed by atoms with E-state index in [-0.39, 0.29) is 11.4 Å². The number of aryl methyl sites for hydroxylation is 2. The molecule has 3 aromatic rings. The van der Waals surface area contributed by atoms with Crippen LogP contribution < -0.4 is 11.3 Å². The first-order chi connectivity index (χ1) is 10.6. The van der Waals surface area contributed by atoms with Gasteiger partial charge in [0.25, 0.3) is 5.56 Å². The Bertz CT molecular complexity index is 881. The molecule has 0 bridgehead atoms. The minimum Gasteiger partial charge on any atom is -0.333 e. The van der Waals surface area contributed by atoms with Crippen molar-refractivity contribution in [1.29, 1.82) is 0 Å². The molecule has 3 rings (SSSR count). The van der Waals surface area contributed by atoms with Gasteiger partial charge in [0.2, 0.25) is 0 Å². The fraction of sp³-hybridized carbons (Fsp3) is 0.250. The lowest BCUT2D eigenvalue weighted by Gasteiger charge is -2.09. The summed E-state index contributed by atoms with van der Waals surface area (Å²) in [5.74, 6) is -0.329. The van der Waals surface area contributed by atoms with Crippen molar-refractivity contribution in [3.05, 3.63) is 58.3 Å². The first-order valence-electron chi connectivity index (χ1n) is 7.15. The molecule has 0 saturated heterocycles. The van der Waals surface area contributed by atoms with Crippen LogP contribution in [0.5, 0.6) is 0 Å². The Kier molecular flexibility index (Phi) is 3.77. The fourth-order valence-electron chi connectivity index (χ4n) is 2.53. The zero-order valence-corrected chi connectivity index (χ0v) is 12.3. The third kappa shape index (κ3) is 2.53. The van der Waals surface area contributed by atoms with Gasteiger partial charge in [0, 0.05) is 30.4 Å². The van der Waals surface area contributed by atoms with E-state index in [1.807, 2.05) is 11.6 Å². The van der Waals surface area contributed by atoms with Crippen molar-refractivity contribution in [1.82, 2.24) is 14.2 Å². The first kappa shape index (κ1) is 14.5. The highest BCUT2D eigenvalue weighted by Gasteiger charge is 2.11. The van der Waals surface area contributed by atoms with Gasteiger partial charge in [-0.25, -0.2) is 4.39 Å². The highest BCUT2D eigenvalue weighted by molar-refractivity contribution is 5.64. The van der Waals surface area contributed by atoms with Gasteiger partial charge in [0.05, 0.1) is 5.69 Å². The standard InChI is InChI=1S/C16H17FN4O/c1-20-13(6-3-7-18)9-16(22)21-15(20)10-14(19-21)11-4-2-5-12(17)8-11/h2,4-5,8-10H,3,6-7,18H2,1H3. The molecule has 1 aromatic carbocycles. The first-order valence-corrected chi connectivity index (χ1v) is 7.15. The Labute approximate surface area is 126 Å². The topological polar surface area (TPSA) is 65.3 Å². The zero-order chi connectivity index (χ0) is 15.7. The number of rotatable bonds is 4. The number of hydrogen-bond acceptors (Lipinski definition) is 3. The van der Waals surface area contributed by atoms with Gasteiger partial charge in [0.1, 0.15) is 11.5 Å². The quantitative estimate of drug-likeness (QED) is 0.798. The molecule has 2 aromatic heterocycles. The van der Waals surface area contributed by atoms with Gasteiger partial charge in [-0.05, 0) is 31.5 Å². The van der Waals surface area contributed by atoms with Crippen molar-refractivity contribution >= 4 is 5.65 Å². The fourth-order valence-corrected chi connectivity index (χ4v) is 2.53. The lowest BCUT2D eigenvalue weighted by atomic mass is 10.1. The van der Waals surface area contributed by atoms with Crippen LogP contribution in [0.15, 0.2) is 41.2 Å². The zero-order valence-electron chi connectivity index (χ0n) is 12.3. The number of aromatic nitrogens is 3. The number of fused-ring (bicyclic) bond motifs is 1. The summed E-state index contributed by atoms with van der Waals surface area (Å²) in [4.78, 5) is 12.2. The van der Waals surface area contributed by atoms with Gasteiger partial charge in [0.15, 0.2) is 0 Å². The molecular weight excluding hydrogens is 283 g/mol. The van der Waals surface area contributed by atoms with E-state index in [4.69, 9.17) is 5.73 Å². The molecule has 0 aliphatic carbocycles. The van der Waals surface area contributed by atoms with Gasteiger partial charge in [-0.3, -0.25) is 4.79 Å². The summed E-state index contributed by atoms with van der Waals surface area (Å²) in [5.41, 5.74) is 8.15. The van der Waals surface area contributed by atoms with Crippen LogP contribution in [-0.2, 0) is 13.5 Å². The maximum absolute atomic E-state index is 13.4. The molecule has 0 saturated carbocycles. The van der Waals surface area contributed by atoms with Crippen LogP contribution in [0.3, 0.4) is 0 Å². The van der Waals surface area contributed by atoms with Crippen molar-refractivity contribution in [2.75, 3.05) is 6.54 Å². The van der Waals surface area contributed by atoms with Crippen molar-refractivity contribution < 1.29 is 4.39 Å². The molecule has 22 heavy (non-hydrogen) atoms. The molecular formula is C16H17FN4O. The highest BCUT2D eigenvalue weighted by atomic mass is 19.1. The van der Waals surface area contributed by atoms with Crippen molar-refractivity contribution in [2.24, 2.45) is 12.8 Å². The lowest BCUT2D eigenvalue weighted by molar-refractivity contribution is 0.628. The number of nitrogens with two attached hydrogens (primary N) is 1. The minimum atomic E-state index is -0.329. The highest BCUT2D eigenvalue weighted by Crippen LogP contribution is 2.20. The average molecular weight is 300 g/mol. The lowest BCUT2D eigenvalue weighted by Crippen LogP contribution is -2.20. The van der Waals surface area contributed by atoms with Crippen LogP contribution in [-0.4, -0.2) is 20.7 Å². The monoisotopic (exact) mass is 300 g/mol. The van der Waals surface area contributed by atoms with Gasteiger partial charge < -0.3 is 10.3 Å². The molecule has 5 nitrogen and oxygen atoms in total. The Morgan fingerprint density at radius 2 is 2.09 bits per heavy atom. The van der Waals surface area contributed by atoms with E-state index in [0.29, 0.717) is 23.4 Å². The largest absolute Gasteiger partial charge is 0.333 e. The van der Waals surface area contributed by atoms with Crippen LogP contribution in [0.2, 0.25) is 0 Å². The van der Waals surface area contributed by atoms with Gasteiger partial charge in [-0.1, -0.05) is 12.1 Å². The van der Waals surface area contributed by atoms with Gasteiger partial charge in [-0.2, -0.15) is 9.61 Å². The number of nitrogens with zero attached hydrogens (tertiary/aromatic N) is 3. The molecule has 6 heteroatoms. The summed E-state index contributed by atoms with van der Waals surface area (Å²) in [7, 11) is 1.89. The predicted octanol–water partition coefficient (Wildman–Crippen LogP) is 1.73. The third-order valence-corrected chi connectivity index (χ3v) is 3.72. The second-order valence-corrected chi connectivity index (χ2v) is 5.24. The number of halogens is 1. The molecule has 2 heterocycles. The second kappa shape index (κ2) is 5.73. The molecule has 0 atom stereocenters. The van der Waals surface area contributed by atoms with Crippen molar-refractivity contribution in [3.8, 4) is 11.3 Å². The Hall–Kier alpha value is -2.47. The van der Waals surface area contributed by atoms with Crippen LogP contribution >= 0.6 is 0 Å². The van der Waals surface area contributed by atoms with E-state index in [2.05, 4.69) is 5.10 Å². The van der Waals surface area contributed by atoms with E-state index < -0.39 is 0 Å². The van der Waals surface area contributed by atoms with Crippen molar-refractivity contribution in [3.63, 3.8) is 0 Å². The minimum absolute atomic E-state index is 0.192. The van der Waals surface area contributed by atoms with Crippen LogP contribution in [0.1, 0.15) is 12.1 Å². The summed E-state index contributed by atoms with van der Waals surface area (Å²) >= 11 is 0. The number of benzene rings is 1. The number of hydrogen-bond donors (Lipinski definition) is 1. The van der Waals surface area contributed by atoms with Crippen LogP contribution in [0, 0.1) is 5.82 Å². The summed E-state index contributed by atoms with van der Waals surface area (Å²) < 4.78 is 16.6. The normalized spacial score (nSPS) is 11.2. The Morgan fingerprint density at radius 1 is 1.27 bits per heavy atom. The predicted molar refractivity (Wildman–Crippen MR) is 83.2 cm³/mol. The van der Waals surface area contributed by atoms with Crippen LogP contribution in [0.25, 0.3) is 16.9 Å². The van der Waals surface area contributed by atoms with Gasteiger partial charge in [-0.15, -0.1) is 0 Å². The van der Waals surface area contributed by atoms with E-state index in [1.165, 1.54) is 16.6 Å². The maximum atomic E-state index is 13.4. The van der Waals surface area contributed by atoms with E-state index in [0.717, 1.165) is 18.5 Å². The van der Waals surface area contributed by atoms with E-state index >= 15 is 0 Å². The SMILES string of the molecule is Cn1c(CCCN)cc(=O)n2nc(-c3cccc(F)c3)cc12. The van der Waals surface area contributed by atoms with Gasteiger partial charge >= 0.3 is 0 Å². The van der Waals surface area contributed by atoms with Crippen LogP contribution in [0.4, 0.5) is 4.39 Å². The molecule has 0 spiro atoms. The smallest absolute Gasteiger partial charge is 0.274 e. The van der Waals surface area contributed by atoms with E-state index in [9.17, 15) is 9.18 Å². The molecule has 0 aliphatic rings. The summed E-state index contributed by atoms with van der Waals surface area (Å²) in [5, 5.41) is 4.30. The van der Waals surface area contributed by atoms with Crippen molar-refractivity contribution in [2.45, 2.75) is 12.8 Å². The summed E-state index contributed by atoms with van der Waals surface area (Å²) in [6.45, 7) is 0.577. The molecule has 114 valence electrons. The Balaban J connectivity index is 2.15. The molecule has 0 aliphatic heterocycles. The third-order valence-electron chi connectivity index (χ3n) is 3.72. The molecule has 0 unspecified atom stereocenters. The molecule has 0 fully saturated rings. The average Bonchev–Trinajstić information content (AvgIpc) is 2.95. The maximum Gasteiger partial charge on any atom is 0.274 e.